The molecule has 0 amide bonds. The highest BCUT2D eigenvalue weighted by Gasteiger charge is 2.28. The number of carbonyl (C=O) groups is 2. The van der Waals surface area contributed by atoms with Gasteiger partial charge in [0.2, 0.25) is 0 Å². The molecule has 0 aliphatic heterocycles. The van der Waals surface area contributed by atoms with Crippen molar-refractivity contribution in [3.05, 3.63) is 45.3 Å². The fraction of sp³-hybridized carbons (Fsp3) is 0.231. The topological polar surface area (TPSA) is 104 Å². The number of hydrogen-bond donors (Lipinski definition) is 0. The predicted octanol–water partition coefficient (Wildman–Crippen LogP) is 0.783. The highest BCUT2D eigenvalue weighted by atomic mass is 16.5. The molecule has 0 unspecified atom stereocenters. The Morgan fingerprint density at radius 2 is 1.81 bits per heavy atom. The molecule has 0 spiro atoms. The number of aromatic nitrogens is 2. The van der Waals surface area contributed by atoms with Crippen LogP contribution in [0.1, 0.15) is 26.5 Å². The summed E-state index contributed by atoms with van der Waals surface area (Å²) in [5.74, 6) is -1.59. The highest BCUT2D eigenvalue weighted by Crippen LogP contribution is 2.16. The van der Waals surface area contributed by atoms with Gasteiger partial charge in [0.05, 0.1) is 29.9 Å². The number of nitrogens with zero attached hydrogens (tertiary/aromatic N) is 2. The third kappa shape index (κ3) is 2.20. The molecule has 2 aromatic rings. The summed E-state index contributed by atoms with van der Waals surface area (Å²) in [5, 5.41) is 12.1. The van der Waals surface area contributed by atoms with Crippen molar-refractivity contribution in [1.29, 1.82) is 0 Å². The van der Waals surface area contributed by atoms with Crippen LogP contribution in [0.3, 0.4) is 0 Å². The molecular formula is C13H12N2O6. The van der Waals surface area contributed by atoms with E-state index in [9.17, 15) is 19.7 Å². The van der Waals surface area contributed by atoms with Crippen molar-refractivity contribution in [1.82, 2.24) is 4.73 Å². The van der Waals surface area contributed by atoms with Gasteiger partial charge in [0.1, 0.15) is 5.52 Å². The summed E-state index contributed by atoms with van der Waals surface area (Å²) in [4.78, 5) is 35.4. The van der Waals surface area contributed by atoms with Crippen molar-refractivity contribution >= 4 is 23.0 Å². The summed E-state index contributed by atoms with van der Waals surface area (Å²) in [6.45, 7) is 1.33. The predicted molar refractivity (Wildman–Crippen MR) is 71.5 cm³/mol. The smallest absolute Gasteiger partial charge is 0.410 e. The van der Waals surface area contributed by atoms with Gasteiger partial charge in [-0.25, -0.2) is 9.59 Å². The summed E-state index contributed by atoms with van der Waals surface area (Å²) >= 11 is 0. The average Bonchev–Trinajstić information content (AvgIpc) is 2.51. The first kappa shape index (κ1) is 14.5. The van der Waals surface area contributed by atoms with Gasteiger partial charge >= 0.3 is 17.6 Å². The maximum atomic E-state index is 12.3. The molecule has 0 atom stereocenters. The first-order chi connectivity index (χ1) is 9.92. The van der Waals surface area contributed by atoms with Crippen molar-refractivity contribution in [3.63, 3.8) is 0 Å². The molecule has 0 aliphatic rings. The number of fused-ring (bicyclic) bond motifs is 1. The van der Waals surface area contributed by atoms with Crippen LogP contribution in [-0.2, 0) is 9.47 Å². The zero-order chi connectivity index (χ0) is 15.7. The van der Waals surface area contributed by atoms with Crippen LogP contribution >= 0.6 is 0 Å². The Balaban J connectivity index is 2.88. The van der Waals surface area contributed by atoms with Gasteiger partial charge in [0.25, 0.3) is 5.52 Å². The van der Waals surface area contributed by atoms with E-state index >= 15 is 0 Å². The van der Waals surface area contributed by atoms with Crippen molar-refractivity contribution in [2.24, 2.45) is 0 Å². The molecular weight excluding hydrogens is 280 g/mol. The van der Waals surface area contributed by atoms with Gasteiger partial charge in [-0.2, -0.15) is 0 Å². The summed E-state index contributed by atoms with van der Waals surface area (Å²) in [6.07, 6.45) is 0. The van der Waals surface area contributed by atoms with Crippen LogP contribution in [0.5, 0.6) is 0 Å². The summed E-state index contributed by atoms with van der Waals surface area (Å²) in [5.41, 5.74) is -0.520. The van der Waals surface area contributed by atoms with E-state index in [1.54, 1.807) is 0 Å². The van der Waals surface area contributed by atoms with Crippen molar-refractivity contribution in [2.75, 3.05) is 14.2 Å². The fourth-order valence-corrected chi connectivity index (χ4v) is 1.97. The van der Waals surface area contributed by atoms with Crippen LogP contribution in [0.25, 0.3) is 11.0 Å². The SMILES string of the molecule is COC(=O)c1ccc2c(c1)[n+](=O)c(C(=O)OC)c(C)n2[O-]. The second-order valence-electron chi connectivity index (χ2n) is 4.21. The molecule has 0 radical (unpaired) electrons. The number of methoxy groups -OCH3 is 2. The van der Waals surface area contributed by atoms with E-state index < -0.39 is 17.6 Å². The lowest BCUT2D eigenvalue weighted by Crippen LogP contribution is -2.31. The zero-order valence-electron chi connectivity index (χ0n) is 11.6. The monoisotopic (exact) mass is 292 g/mol. The molecule has 1 heterocycles. The standard InChI is InChI=1S/C13H12N2O6/c1-7-11(13(17)21-3)15(19)10-6-8(12(16)20-2)4-5-9(10)14(7)18/h4-6H,1-3H3. The molecule has 8 heteroatoms. The number of rotatable bonds is 2. The van der Waals surface area contributed by atoms with Crippen LogP contribution in [-0.4, -0.2) is 30.9 Å². The van der Waals surface area contributed by atoms with Crippen molar-refractivity contribution in [3.8, 4) is 0 Å². The van der Waals surface area contributed by atoms with E-state index in [-0.39, 0.29) is 26.7 Å². The molecule has 1 aromatic carbocycles. The van der Waals surface area contributed by atoms with Crippen LogP contribution < -0.4 is 4.43 Å². The Morgan fingerprint density at radius 3 is 2.38 bits per heavy atom. The Labute approximate surface area is 118 Å². The third-order valence-corrected chi connectivity index (χ3v) is 3.06. The minimum absolute atomic E-state index is 0.0304. The summed E-state index contributed by atoms with van der Waals surface area (Å²) < 4.78 is 9.76. The molecule has 0 bridgehead atoms. The van der Waals surface area contributed by atoms with Crippen molar-refractivity contribution in [2.45, 2.75) is 6.92 Å². The van der Waals surface area contributed by atoms with Crippen molar-refractivity contribution < 1.29 is 23.5 Å². The quantitative estimate of drug-likeness (QED) is 0.598. The van der Waals surface area contributed by atoms with E-state index in [1.165, 1.54) is 32.2 Å². The van der Waals surface area contributed by atoms with Gasteiger partial charge in [0.15, 0.2) is 0 Å². The van der Waals surface area contributed by atoms with E-state index in [2.05, 4.69) is 9.47 Å². The number of ether oxygens (including phenoxy) is 2. The fourth-order valence-electron chi connectivity index (χ4n) is 1.97. The second kappa shape index (κ2) is 5.23. The molecule has 2 rings (SSSR count). The zero-order valence-corrected chi connectivity index (χ0v) is 11.6. The largest absolute Gasteiger partial charge is 0.805 e. The van der Waals surface area contributed by atoms with Crippen LogP contribution in [0.2, 0.25) is 0 Å². The minimum atomic E-state index is -0.933. The molecule has 0 fully saturated rings. The summed E-state index contributed by atoms with van der Waals surface area (Å²) in [7, 11) is 2.30. The first-order valence-corrected chi connectivity index (χ1v) is 5.88. The Bertz CT molecular complexity index is 808. The molecule has 21 heavy (non-hydrogen) atoms. The van der Waals surface area contributed by atoms with Gasteiger partial charge in [-0.05, 0) is 19.1 Å². The van der Waals surface area contributed by atoms with E-state index in [1.807, 2.05) is 0 Å². The molecule has 0 saturated carbocycles. The molecule has 8 nitrogen and oxygen atoms in total. The lowest BCUT2D eigenvalue weighted by molar-refractivity contribution is -0.469. The normalized spacial score (nSPS) is 10.4. The van der Waals surface area contributed by atoms with Gasteiger partial charge in [-0.1, -0.05) is 0 Å². The summed E-state index contributed by atoms with van der Waals surface area (Å²) in [6, 6.07) is 3.87. The van der Waals surface area contributed by atoms with E-state index in [4.69, 9.17) is 0 Å². The maximum Gasteiger partial charge on any atom is 0.410 e. The molecule has 0 saturated heterocycles. The van der Waals surface area contributed by atoms with Gasteiger partial charge < -0.3 is 19.4 Å². The number of hydrogen-bond acceptors (Lipinski definition) is 6. The third-order valence-electron chi connectivity index (χ3n) is 3.06. The van der Waals surface area contributed by atoms with Crippen LogP contribution in [0.4, 0.5) is 0 Å². The Kier molecular flexibility index (Phi) is 3.62. The van der Waals surface area contributed by atoms with E-state index in [0.717, 1.165) is 7.11 Å². The molecule has 0 N–H and O–H groups in total. The van der Waals surface area contributed by atoms with Gasteiger partial charge in [-0.3, -0.25) is 0 Å². The van der Waals surface area contributed by atoms with Gasteiger partial charge in [-0.15, -0.1) is 0 Å². The molecule has 1 aromatic heterocycles. The van der Waals surface area contributed by atoms with Crippen LogP contribution in [0.15, 0.2) is 18.2 Å². The molecule has 110 valence electrons. The number of esters is 2. The maximum absolute atomic E-state index is 12.3. The average molecular weight is 292 g/mol. The number of carbonyl (C=O) groups excluding carboxylic acids is 2. The van der Waals surface area contributed by atoms with Gasteiger partial charge in [0, 0.05) is 11.0 Å². The first-order valence-electron chi connectivity index (χ1n) is 5.88. The Morgan fingerprint density at radius 1 is 1.19 bits per heavy atom. The lowest BCUT2D eigenvalue weighted by atomic mass is 10.1. The lowest BCUT2D eigenvalue weighted by Gasteiger charge is -2.15. The highest BCUT2D eigenvalue weighted by molar-refractivity contribution is 5.94. The molecule has 0 aliphatic carbocycles. The second-order valence-corrected chi connectivity index (χ2v) is 4.21. The Hall–Kier alpha value is -2.90. The van der Waals surface area contributed by atoms with E-state index in [0.29, 0.717) is 4.73 Å². The number of benzene rings is 1. The minimum Gasteiger partial charge on any atom is -0.805 e. The van der Waals surface area contributed by atoms with Crippen LogP contribution in [0, 0.1) is 17.0 Å².